The molecule has 0 amide bonds. The zero-order valence-electron chi connectivity index (χ0n) is 10.2. The second-order valence-corrected chi connectivity index (χ2v) is 4.99. The van der Waals surface area contributed by atoms with Crippen molar-refractivity contribution in [2.45, 2.75) is 32.3 Å². The first kappa shape index (κ1) is 11.6. The number of hydrogen-bond donors (Lipinski definition) is 2. The molecule has 0 aromatic heterocycles. The van der Waals surface area contributed by atoms with E-state index in [1.54, 1.807) is 0 Å². The van der Waals surface area contributed by atoms with Gasteiger partial charge >= 0.3 is 0 Å². The lowest BCUT2D eigenvalue weighted by atomic mass is 9.76. The summed E-state index contributed by atoms with van der Waals surface area (Å²) in [5, 5.41) is 14.1. The standard InChI is InChI=1S/C14H21NO/c1-11-5-3-4-6-13(11)14(2,16)12-7-9-15-10-8-12/h3-6,12,15-16H,7-10H2,1-2H3. The Bertz CT molecular complexity index is 354. The number of piperidine rings is 1. The molecule has 1 aromatic carbocycles. The fourth-order valence-corrected chi connectivity index (χ4v) is 2.74. The Morgan fingerprint density at radius 2 is 1.88 bits per heavy atom. The van der Waals surface area contributed by atoms with Crippen molar-refractivity contribution in [3.05, 3.63) is 35.4 Å². The highest BCUT2D eigenvalue weighted by Gasteiger charge is 2.35. The monoisotopic (exact) mass is 219 g/mol. The Kier molecular flexibility index (Phi) is 3.31. The maximum atomic E-state index is 10.8. The van der Waals surface area contributed by atoms with Gasteiger partial charge in [-0.3, -0.25) is 0 Å². The molecule has 0 bridgehead atoms. The van der Waals surface area contributed by atoms with Crippen molar-refractivity contribution < 1.29 is 5.11 Å². The topological polar surface area (TPSA) is 32.3 Å². The lowest BCUT2D eigenvalue weighted by Gasteiger charge is -2.37. The Morgan fingerprint density at radius 3 is 2.50 bits per heavy atom. The van der Waals surface area contributed by atoms with E-state index in [-0.39, 0.29) is 0 Å². The number of nitrogens with one attached hydrogen (secondary N) is 1. The van der Waals surface area contributed by atoms with Crippen molar-refractivity contribution in [1.29, 1.82) is 0 Å². The molecule has 1 unspecified atom stereocenters. The van der Waals surface area contributed by atoms with Crippen LogP contribution in [-0.2, 0) is 5.60 Å². The third-order valence-corrected chi connectivity index (χ3v) is 3.82. The molecule has 1 saturated heterocycles. The van der Waals surface area contributed by atoms with Crippen LogP contribution in [0.4, 0.5) is 0 Å². The first-order valence-corrected chi connectivity index (χ1v) is 6.11. The van der Waals surface area contributed by atoms with Crippen LogP contribution in [0.1, 0.15) is 30.9 Å². The molecule has 0 spiro atoms. The Hall–Kier alpha value is -0.860. The van der Waals surface area contributed by atoms with Gasteiger partial charge in [0.1, 0.15) is 0 Å². The summed E-state index contributed by atoms with van der Waals surface area (Å²) in [6.45, 7) is 6.08. The van der Waals surface area contributed by atoms with Crippen molar-refractivity contribution in [1.82, 2.24) is 5.32 Å². The van der Waals surface area contributed by atoms with E-state index in [0.717, 1.165) is 31.5 Å². The summed E-state index contributed by atoms with van der Waals surface area (Å²) in [5.74, 6) is 0.370. The smallest absolute Gasteiger partial charge is 0.0900 e. The third-order valence-electron chi connectivity index (χ3n) is 3.82. The molecule has 2 heteroatoms. The molecule has 16 heavy (non-hydrogen) atoms. The van der Waals surface area contributed by atoms with Crippen LogP contribution < -0.4 is 5.32 Å². The van der Waals surface area contributed by atoms with Gasteiger partial charge in [-0.15, -0.1) is 0 Å². The Balaban J connectivity index is 2.26. The molecule has 0 aliphatic carbocycles. The van der Waals surface area contributed by atoms with E-state index in [4.69, 9.17) is 0 Å². The molecule has 1 atom stereocenters. The molecular weight excluding hydrogens is 198 g/mol. The fourth-order valence-electron chi connectivity index (χ4n) is 2.74. The lowest BCUT2D eigenvalue weighted by molar-refractivity contribution is -0.0191. The van der Waals surface area contributed by atoms with E-state index in [9.17, 15) is 5.11 Å². The molecule has 0 radical (unpaired) electrons. The number of hydrogen-bond acceptors (Lipinski definition) is 2. The van der Waals surface area contributed by atoms with Crippen molar-refractivity contribution >= 4 is 0 Å². The van der Waals surface area contributed by atoms with Crippen molar-refractivity contribution in [2.75, 3.05) is 13.1 Å². The summed E-state index contributed by atoms with van der Waals surface area (Å²) < 4.78 is 0. The van der Waals surface area contributed by atoms with Gasteiger partial charge in [-0.2, -0.15) is 0 Å². The second-order valence-electron chi connectivity index (χ2n) is 4.99. The normalized spacial score (nSPS) is 21.7. The molecule has 2 N–H and O–H groups in total. The molecule has 1 aliphatic heterocycles. The molecular formula is C14H21NO. The number of rotatable bonds is 2. The maximum Gasteiger partial charge on any atom is 0.0900 e. The maximum absolute atomic E-state index is 10.8. The predicted molar refractivity (Wildman–Crippen MR) is 66.3 cm³/mol. The minimum absolute atomic E-state index is 0.370. The summed E-state index contributed by atoms with van der Waals surface area (Å²) >= 11 is 0. The highest BCUT2D eigenvalue weighted by atomic mass is 16.3. The number of aryl methyl sites for hydroxylation is 1. The van der Waals surface area contributed by atoms with E-state index in [1.807, 2.05) is 19.1 Å². The van der Waals surface area contributed by atoms with Gasteiger partial charge in [-0.25, -0.2) is 0 Å². The summed E-state index contributed by atoms with van der Waals surface area (Å²) in [6, 6.07) is 8.16. The number of benzene rings is 1. The highest BCUT2D eigenvalue weighted by molar-refractivity contribution is 5.31. The largest absolute Gasteiger partial charge is 0.385 e. The zero-order chi connectivity index (χ0) is 11.6. The van der Waals surface area contributed by atoms with Gasteiger partial charge in [0.15, 0.2) is 0 Å². The van der Waals surface area contributed by atoms with E-state index in [2.05, 4.69) is 24.4 Å². The average molecular weight is 219 g/mol. The van der Waals surface area contributed by atoms with E-state index in [0.29, 0.717) is 5.92 Å². The SMILES string of the molecule is Cc1ccccc1C(C)(O)C1CCNCC1. The predicted octanol–water partition coefficient (Wildman–Crippen LogP) is 2.20. The highest BCUT2D eigenvalue weighted by Crippen LogP contribution is 2.36. The molecule has 1 fully saturated rings. The molecule has 0 saturated carbocycles. The average Bonchev–Trinajstić information content (AvgIpc) is 2.30. The quantitative estimate of drug-likeness (QED) is 0.799. The first-order valence-electron chi connectivity index (χ1n) is 6.11. The summed E-state index contributed by atoms with van der Waals surface area (Å²) in [7, 11) is 0. The van der Waals surface area contributed by atoms with Crippen LogP contribution in [-0.4, -0.2) is 18.2 Å². The minimum Gasteiger partial charge on any atom is -0.385 e. The van der Waals surface area contributed by atoms with Crippen molar-refractivity contribution in [2.24, 2.45) is 5.92 Å². The van der Waals surface area contributed by atoms with Gasteiger partial charge in [-0.05, 0) is 56.8 Å². The number of aliphatic hydroxyl groups is 1. The van der Waals surface area contributed by atoms with Crippen LogP contribution >= 0.6 is 0 Å². The molecule has 88 valence electrons. The van der Waals surface area contributed by atoms with E-state index in [1.165, 1.54) is 5.56 Å². The van der Waals surface area contributed by atoms with Gasteiger partial charge in [0.25, 0.3) is 0 Å². The molecule has 1 heterocycles. The second kappa shape index (κ2) is 4.56. The van der Waals surface area contributed by atoms with Crippen molar-refractivity contribution in [3.8, 4) is 0 Å². The lowest BCUT2D eigenvalue weighted by Crippen LogP contribution is -2.40. The van der Waals surface area contributed by atoms with E-state index >= 15 is 0 Å². The van der Waals surface area contributed by atoms with Gasteiger partial charge < -0.3 is 10.4 Å². The molecule has 1 aliphatic rings. The summed E-state index contributed by atoms with van der Waals surface area (Å²) in [5.41, 5.74) is 1.58. The Morgan fingerprint density at radius 1 is 1.25 bits per heavy atom. The molecule has 2 nitrogen and oxygen atoms in total. The Labute approximate surface area is 97.7 Å². The molecule has 2 rings (SSSR count). The van der Waals surface area contributed by atoms with Crippen LogP contribution in [0.3, 0.4) is 0 Å². The van der Waals surface area contributed by atoms with Gasteiger partial charge in [0.2, 0.25) is 0 Å². The van der Waals surface area contributed by atoms with Crippen LogP contribution in [0.2, 0.25) is 0 Å². The minimum atomic E-state index is -0.687. The fraction of sp³-hybridized carbons (Fsp3) is 0.571. The first-order chi connectivity index (χ1) is 7.62. The van der Waals surface area contributed by atoms with Crippen LogP contribution in [0.5, 0.6) is 0 Å². The van der Waals surface area contributed by atoms with Crippen LogP contribution in [0.15, 0.2) is 24.3 Å². The summed E-state index contributed by atoms with van der Waals surface area (Å²) in [6.07, 6.45) is 2.11. The zero-order valence-corrected chi connectivity index (χ0v) is 10.2. The summed E-state index contributed by atoms with van der Waals surface area (Å²) in [4.78, 5) is 0. The van der Waals surface area contributed by atoms with Crippen molar-refractivity contribution in [3.63, 3.8) is 0 Å². The molecule has 1 aromatic rings. The third kappa shape index (κ3) is 2.13. The van der Waals surface area contributed by atoms with Gasteiger partial charge in [0.05, 0.1) is 5.60 Å². The van der Waals surface area contributed by atoms with Crippen LogP contribution in [0, 0.1) is 12.8 Å². The van der Waals surface area contributed by atoms with E-state index < -0.39 is 5.60 Å². The van der Waals surface area contributed by atoms with Gasteiger partial charge in [0, 0.05) is 0 Å². The van der Waals surface area contributed by atoms with Crippen LogP contribution in [0.25, 0.3) is 0 Å². The van der Waals surface area contributed by atoms with Gasteiger partial charge in [-0.1, -0.05) is 24.3 Å².